The van der Waals surface area contributed by atoms with E-state index in [-0.39, 0.29) is 4.90 Å². The van der Waals surface area contributed by atoms with Crippen molar-refractivity contribution in [2.75, 3.05) is 0 Å². The van der Waals surface area contributed by atoms with Crippen molar-refractivity contribution in [3.8, 4) is 0 Å². The van der Waals surface area contributed by atoms with Gasteiger partial charge in [0.2, 0.25) is 0 Å². The summed E-state index contributed by atoms with van der Waals surface area (Å²) in [5.41, 5.74) is 1.98. The third-order valence-corrected chi connectivity index (χ3v) is 4.39. The summed E-state index contributed by atoms with van der Waals surface area (Å²) in [5, 5.41) is 4.02. The Morgan fingerprint density at radius 1 is 1.28 bits per heavy atom. The summed E-state index contributed by atoms with van der Waals surface area (Å²) in [4.78, 5) is 2.57. The third kappa shape index (κ3) is 3.10. The highest BCUT2D eigenvalue weighted by Gasteiger charge is 2.18. The molecule has 0 aliphatic heterocycles. The van der Waals surface area contributed by atoms with Crippen molar-refractivity contribution in [3.63, 3.8) is 0 Å². The molecule has 1 aromatic carbocycles. The Hall–Kier alpha value is -1.36. The van der Waals surface area contributed by atoms with Gasteiger partial charge >= 0.3 is 0 Å². The van der Waals surface area contributed by atoms with Crippen molar-refractivity contribution < 1.29 is 8.42 Å². The molecule has 1 aliphatic rings. The molecule has 0 heterocycles. The van der Waals surface area contributed by atoms with Crippen molar-refractivity contribution in [3.05, 3.63) is 29.8 Å². The lowest BCUT2D eigenvalue weighted by Crippen LogP contribution is -2.19. The normalized spacial score (nSPS) is 22.3. The second-order valence-corrected chi connectivity index (χ2v) is 6.59. The summed E-state index contributed by atoms with van der Waals surface area (Å²) in [7, 11) is -3.52. The van der Waals surface area contributed by atoms with Gasteiger partial charge in [-0.05, 0) is 44.2 Å². The standard InChI is InChI=1S/C13H18N2O2S/c1-10-4-7-13(8-5-10)18(16,17)15-14-12-6-3-11(2)9-12/h4-5,7-8,11,15H,3,6,9H2,1-2H3/b14-12-. The maximum absolute atomic E-state index is 12.0. The zero-order chi connectivity index (χ0) is 13.2. The number of nitrogens with one attached hydrogen (secondary N) is 1. The Kier molecular flexibility index (Phi) is 3.71. The number of hydrogen-bond acceptors (Lipinski definition) is 3. The van der Waals surface area contributed by atoms with Crippen LogP contribution >= 0.6 is 0 Å². The first-order valence-electron chi connectivity index (χ1n) is 6.11. The molecule has 0 saturated heterocycles. The Labute approximate surface area is 108 Å². The predicted molar refractivity (Wildman–Crippen MR) is 72.0 cm³/mol. The highest BCUT2D eigenvalue weighted by Crippen LogP contribution is 2.21. The van der Waals surface area contributed by atoms with Crippen LogP contribution < -0.4 is 4.83 Å². The largest absolute Gasteiger partial charge is 0.276 e. The minimum absolute atomic E-state index is 0.253. The van der Waals surface area contributed by atoms with E-state index in [1.807, 2.05) is 6.92 Å². The van der Waals surface area contributed by atoms with E-state index < -0.39 is 10.0 Å². The van der Waals surface area contributed by atoms with Gasteiger partial charge in [-0.25, -0.2) is 4.83 Å². The van der Waals surface area contributed by atoms with Crippen LogP contribution in [0.4, 0.5) is 0 Å². The summed E-state index contributed by atoms with van der Waals surface area (Å²) in [6.45, 7) is 4.07. The van der Waals surface area contributed by atoms with Crippen molar-refractivity contribution in [1.29, 1.82) is 0 Å². The van der Waals surface area contributed by atoms with Crippen molar-refractivity contribution in [1.82, 2.24) is 4.83 Å². The van der Waals surface area contributed by atoms with Gasteiger partial charge in [-0.15, -0.1) is 0 Å². The average molecular weight is 266 g/mol. The van der Waals surface area contributed by atoms with Gasteiger partial charge in [0.15, 0.2) is 0 Å². The lowest BCUT2D eigenvalue weighted by atomic mass is 10.1. The predicted octanol–water partition coefficient (Wildman–Crippen LogP) is 2.45. The molecule has 5 heteroatoms. The van der Waals surface area contributed by atoms with Gasteiger partial charge in [0.25, 0.3) is 10.0 Å². The van der Waals surface area contributed by atoms with Crippen LogP contribution in [0.2, 0.25) is 0 Å². The van der Waals surface area contributed by atoms with E-state index in [9.17, 15) is 8.42 Å². The highest BCUT2D eigenvalue weighted by molar-refractivity contribution is 7.89. The Balaban J connectivity index is 2.10. The van der Waals surface area contributed by atoms with Crippen LogP contribution in [-0.4, -0.2) is 14.1 Å². The summed E-state index contributed by atoms with van der Waals surface area (Å²) in [5.74, 6) is 0.604. The fraction of sp³-hybridized carbons (Fsp3) is 0.462. The molecule has 2 rings (SSSR count). The number of sulfonamides is 1. The van der Waals surface area contributed by atoms with Crippen LogP contribution in [0, 0.1) is 12.8 Å². The van der Waals surface area contributed by atoms with Crippen LogP contribution in [0.3, 0.4) is 0 Å². The first kappa shape index (κ1) is 13.1. The van der Waals surface area contributed by atoms with Crippen molar-refractivity contribution >= 4 is 15.7 Å². The molecule has 0 amide bonds. The number of benzene rings is 1. The van der Waals surface area contributed by atoms with E-state index in [2.05, 4.69) is 16.9 Å². The van der Waals surface area contributed by atoms with Crippen molar-refractivity contribution in [2.24, 2.45) is 11.0 Å². The molecule has 98 valence electrons. The molecular formula is C13H18N2O2S. The van der Waals surface area contributed by atoms with E-state index in [1.165, 1.54) is 0 Å². The number of aryl methyl sites for hydroxylation is 1. The van der Waals surface area contributed by atoms with Crippen LogP contribution in [0.15, 0.2) is 34.3 Å². The lowest BCUT2D eigenvalue weighted by molar-refractivity contribution is 0.584. The maximum Gasteiger partial charge on any atom is 0.276 e. The van der Waals surface area contributed by atoms with E-state index >= 15 is 0 Å². The van der Waals surface area contributed by atoms with Gasteiger partial charge in [0, 0.05) is 5.71 Å². The average Bonchev–Trinajstić information content (AvgIpc) is 2.73. The molecule has 1 aliphatic carbocycles. The molecule has 0 aromatic heterocycles. The molecule has 0 radical (unpaired) electrons. The van der Waals surface area contributed by atoms with E-state index in [0.29, 0.717) is 5.92 Å². The number of hydrazone groups is 1. The van der Waals surface area contributed by atoms with Crippen LogP contribution in [0.5, 0.6) is 0 Å². The molecule has 1 aromatic rings. The molecule has 1 saturated carbocycles. The van der Waals surface area contributed by atoms with E-state index in [4.69, 9.17) is 0 Å². The molecule has 1 unspecified atom stereocenters. The molecular weight excluding hydrogens is 248 g/mol. The fourth-order valence-corrected chi connectivity index (χ4v) is 2.86. The van der Waals surface area contributed by atoms with Gasteiger partial charge in [-0.3, -0.25) is 0 Å². The van der Waals surface area contributed by atoms with Gasteiger partial charge in [-0.1, -0.05) is 24.6 Å². The smallest absolute Gasteiger partial charge is 0.200 e. The van der Waals surface area contributed by atoms with E-state index in [0.717, 1.165) is 30.5 Å². The van der Waals surface area contributed by atoms with Crippen LogP contribution in [0.1, 0.15) is 31.7 Å². The van der Waals surface area contributed by atoms with E-state index in [1.54, 1.807) is 24.3 Å². The highest BCUT2D eigenvalue weighted by atomic mass is 32.2. The van der Waals surface area contributed by atoms with Gasteiger partial charge in [-0.2, -0.15) is 13.5 Å². The first-order valence-corrected chi connectivity index (χ1v) is 7.59. The fourth-order valence-electron chi connectivity index (χ4n) is 2.02. The van der Waals surface area contributed by atoms with Crippen LogP contribution in [-0.2, 0) is 10.0 Å². The molecule has 1 N–H and O–H groups in total. The minimum atomic E-state index is -3.52. The monoisotopic (exact) mass is 266 g/mol. The van der Waals surface area contributed by atoms with Gasteiger partial charge in [0.1, 0.15) is 0 Å². The minimum Gasteiger partial charge on any atom is -0.200 e. The first-order chi connectivity index (χ1) is 8.47. The Morgan fingerprint density at radius 2 is 1.94 bits per heavy atom. The maximum atomic E-state index is 12.0. The lowest BCUT2D eigenvalue weighted by Gasteiger charge is -2.04. The molecule has 4 nitrogen and oxygen atoms in total. The molecule has 1 atom stereocenters. The zero-order valence-electron chi connectivity index (χ0n) is 10.7. The van der Waals surface area contributed by atoms with Crippen molar-refractivity contribution in [2.45, 2.75) is 38.0 Å². The molecule has 0 bridgehead atoms. The second kappa shape index (κ2) is 5.10. The number of rotatable bonds is 3. The molecule has 18 heavy (non-hydrogen) atoms. The Morgan fingerprint density at radius 3 is 2.50 bits per heavy atom. The van der Waals surface area contributed by atoms with Gasteiger partial charge in [0.05, 0.1) is 4.90 Å². The van der Waals surface area contributed by atoms with Crippen LogP contribution in [0.25, 0.3) is 0 Å². The van der Waals surface area contributed by atoms with Gasteiger partial charge < -0.3 is 0 Å². The summed E-state index contributed by atoms with van der Waals surface area (Å²) in [6, 6.07) is 6.74. The quantitative estimate of drug-likeness (QED) is 0.854. The summed E-state index contributed by atoms with van der Waals surface area (Å²) in [6.07, 6.45) is 2.86. The number of hydrogen-bond donors (Lipinski definition) is 1. The molecule has 0 spiro atoms. The second-order valence-electron chi connectivity index (χ2n) is 4.93. The summed E-state index contributed by atoms with van der Waals surface area (Å²) < 4.78 is 23.9. The summed E-state index contributed by atoms with van der Waals surface area (Å²) >= 11 is 0. The SMILES string of the molecule is Cc1ccc(S(=O)(=O)N/N=C2/CCC(C)C2)cc1. The zero-order valence-corrected chi connectivity index (χ0v) is 11.5. The Bertz CT molecular complexity index is 547. The third-order valence-electron chi connectivity index (χ3n) is 3.17. The number of nitrogens with zero attached hydrogens (tertiary/aromatic N) is 1. The molecule has 1 fully saturated rings. The topological polar surface area (TPSA) is 58.5 Å².